The highest BCUT2D eigenvalue weighted by molar-refractivity contribution is 6.02. The Bertz CT molecular complexity index is 665. The number of anilines is 2. The molecule has 2 rings (SSSR count). The van der Waals surface area contributed by atoms with Crippen LogP contribution in [0.1, 0.15) is 17.3 Å². The molecule has 0 aliphatic heterocycles. The predicted molar refractivity (Wildman–Crippen MR) is 82.0 cm³/mol. The molecule has 108 valence electrons. The van der Waals surface area contributed by atoms with Crippen LogP contribution in [0.2, 0.25) is 0 Å². The maximum atomic E-state index is 12.1. The Hall–Kier alpha value is -2.82. The minimum Gasteiger partial charge on any atom is -0.508 e. The van der Waals surface area contributed by atoms with Gasteiger partial charge in [0.25, 0.3) is 0 Å². The van der Waals surface area contributed by atoms with Gasteiger partial charge < -0.3 is 10.4 Å². The van der Waals surface area contributed by atoms with Crippen LogP contribution in [0.15, 0.2) is 48.5 Å². The first-order chi connectivity index (χ1) is 9.97. The predicted octanol–water partition coefficient (Wildman–Crippen LogP) is 3.26. The summed E-state index contributed by atoms with van der Waals surface area (Å²) < 4.78 is 0. The maximum Gasteiger partial charge on any atom is 0.326 e. The Labute approximate surface area is 122 Å². The normalized spacial score (nSPS) is 10.0. The Morgan fingerprint density at radius 3 is 2.33 bits per heavy atom. The van der Waals surface area contributed by atoms with Crippen molar-refractivity contribution < 1.29 is 14.7 Å². The first-order valence-electron chi connectivity index (χ1n) is 6.42. The Morgan fingerprint density at radius 1 is 1.10 bits per heavy atom. The number of nitrogens with one attached hydrogen (secondary N) is 1. The lowest BCUT2D eigenvalue weighted by molar-refractivity contribution is 0.101. The molecule has 21 heavy (non-hydrogen) atoms. The molecule has 2 amide bonds. The van der Waals surface area contributed by atoms with E-state index < -0.39 is 0 Å². The third kappa shape index (κ3) is 3.60. The van der Waals surface area contributed by atoms with Gasteiger partial charge in [-0.15, -0.1) is 0 Å². The number of phenols is 1. The molecule has 0 fully saturated rings. The van der Waals surface area contributed by atoms with Crippen molar-refractivity contribution in [1.82, 2.24) is 0 Å². The summed E-state index contributed by atoms with van der Waals surface area (Å²) >= 11 is 0. The fourth-order valence-corrected chi connectivity index (χ4v) is 1.81. The molecule has 0 spiro atoms. The van der Waals surface area contributed by atoms with Crippen molar-refractivity contribution in [2.45, 2.75) is 6.92 Å². The third-order valence-electron chi connectivity index (χ3n) is 3.06. The minimum atomic E-state index is -0.337. The van der Waals surface area contributed by atoms with Crippen LogP contribution >= 0.6 is 0 Å². The Balaban J connectivity index is 2.08. The molecule has 0 saturated carbocycles. The highest BCUT2D eigenvalue weighted by Crippen LogP contribution is 2.20. The highest BCUT2D eigenvalue weighted by atomic mass is 16.3. The molecule has 0 atom stereocenters. The number of hydrogen-bond donors (Lipinski definition) is 2. The van der Waals surface area contributed by atoms with Gasteiger partial charge in [-0.05, 0) is 43.3 Å². The summed E-state index contributed by atoms with van der Waals surface area (Å²) in [6, 6.07) is 12.7. The van der Waals surface area contributed by atoms with Gasteiger partial charge in [0, 0.05) is 30.1 Å². The molecule has 5 nitrogen and oxygen atoms in total. The lowest BCUT2D eigenvalue weighted by Crippen LogP contribution is -2.31. The summed E-state index contributed by atoms with van der Waals surface area (Å²) in [6.07, 6.45) is 0. The van der Waals surface area contributed by atoms with E-state index in [1.54, 1.807) is 43.4 Å². The van der Waals surface area contributed by atoms with Gasteiger partial charge in [0.05, 0.1) is 0 Å². The summed E-state index contributed by atoms with van der Waals surface area (Å²) in [5, 5.41) is 12.1. The smallest absolute Gasteiger partial charge is 0.326 e. The molecule has 0 heterocycles. The molecule has 2 aromatic rings. The zero-order chi connectivity index (χ0) is 15.4. The van der Waals surface area contributed by atoms with Crippen molar-refractivity contribution >= 4 is 23.2 Å². The van der Waals surface area contributed by atoms with Crippen LogP contribution in [0.4, 0.5) is 16.2 Å². The molecule has 0 aliphatic carbocycles. The van der Waals surface area contributed by atoms with E-state index in [0.29, 0.717) is 16.9 Å². The molecule has 2 N–H and O–H groups in total. The number of rotatable bonds is 3. The summed E-state index contributed by atoms with van der Waals surface area (Å²) in [5.41, 5.74) is 1.76. The van der Waals surface area contributed by atoms with E-state index in [0.717, 1.165) is 0 Å². The summed E-state index contributed by atoms with van der Waals surface area (Å²) in [4.78, 5) is 24.7. The Morgan fingerprint density at radius 2 is 1.76 bits per heavy atom. The summed E-state index contributed by atoms with van der Waals surface area (Å²) in [6.45, 7) is 1.49. The molecule has 0 bridgehead atoms. The van der Waals surface area contributed by atoms with Crippen molar-refractivity contribution in [2.24, 2.45) is 0 Å². The second-order valence-electron chi connectivity index (χ2n) is 4.64. The second kappa shape index (κ2) is 6.09. The van der Waals surface area contributed by atoms with Crippen LogP contribution in [0.25, 0.3) is 0 Å². The van der Waals surface area contributed by atoms with E-state index in [-0.39, 0.29) is 17.6 Å². The van der Waals surface area contributed by atoms with Crippen LogP contribution in [0, 0.1) is 0 Å². The Kier molecular flexibility index (Phi) is 4.23. The molecule has 2 aromatic carbocycles. The van der Waals surface area contributed by atoms with Crippen molar-refractivity contribution in [1.29, 1.82) is 0 Å². The largest absolute Gasteiger partial charge is 0.508 e. The molecule has 0 aliphatic rings. The van der Waals surface area contributed by atoms with Crippen molar-refractivity contribution in [2.75, 3.05) is 17.3 Å². The van der Waals surface area contributed by atoms with E-state index >= 15 is 0 Å². The van der Waals surface area contributed by atoms with Gasteiger partial charge in [-0.3, -0.25) is 9.69 Å². The minimum absolute atomic E-state index is 0.0234. The molecule has 5 heteroatoms. The average molecular weight is 284 g/mol. The quantitative estimate of drug-likeness (QED) is 0.850. The second-order valence-corrected chi connectivity index (χ2v) is 4.64. The van der Waals surface area contributed by atoms with Crippen LogP contribution in [-0.2, 0) is 0 Å². The van der Waals surface area contributed by atoms with E-state index in [2.05, 4.69) is 5.32 Å². The zero-order valence-electron chi connectivity index (χ0n) is 11.8. The van der Waals surface area contributed by atoms with Crippen LogP contribution in [0.3, 0.4) is 0 Å². The zero-order valence-corrected chi connectivity index (χ0v) is 11.8. The van der Waals surface area contributed by atoms with Gasteiger partial charge in [0.15, 0.2) is 5.78 Å². The number of hydrogen-bond acceptors (Lipinski definition) is 3. The van der Waals surface area contributed by atoms with Gasteiger partial charge >= 0.3 is 6.03 Å². The van der Waals surface area contributed by atoms with Crippen molar-refractivity contribution in [3.8, 4) is 5.75 Å². The van der Waals surface area contributed by atoms with Gasteiger partial charge in [0.1, 0.15) is 5.75 Å². The fourth-order valence-electron chi connectivity index (χ4n) is 1.81. The van der Waals surface area contributed by atoms with Crippen LogP contribution < -0.4 is 10.2 Å². The topological polar surface area (TPSA) is 69.6 Å². The summed E-state index contributed by atoms with van der Waals surface area (Å²) in [5.74, 6) is 0.0720. The van der Waals surface area contributed by atoms with Crippen molar-refractivity contribution in [3.05, 3.63) is 54.1 Å². The number of Topliss-reactive ketones (excluding diaryl/α,β-unsaturated/α-hetero) is 1. The molecule has 0 radical (unpaired) electrons. The van der Waals surface area contributed by atoms with E-state index in [1.165, 1.54) is 24.0 Å². The van der Waals surface area contributed by atoms with E-state index in [4.69, 9.17) is 0 Å². The summed E-state index contributed by atoms with van der Waals surface area (Å²) in [7, 11) is 1.61. The number of benzene rings is 2. The number of carbonyl (C=O) groups is 2. The number of amides is 2. The molecule has 0 aromatic heterocycles. The fraction of sp³-hybridized carbons (Fsp3) is 0.125. The van der Waals surface area contributed by atoms with Gasteiger partial charge in [-0.25, -0.2) is 4.79 Å². The van der Waals surface area contributed by atoms with Crippen molar-refractivity contribution in [3.63, 3.8) is 0 Å². The van der Waals surface area contributed by atoms with Gasteiger partial charge in [0.2, 0.25) is 0 Å². The number of ketones is 1. The molecular formula is C16H16N2O3. The SMILES string of the molecule is CC(=O)c1ccc(NC(=O)N(C)c2cccc(O)c2)cc1. The third-order valence-corrected chi connectivity index (χ3v) is 3.06. The lowest BCUT2D eigenvalue weighted by atomic mass is 10.1. The monoisotopic (exact) mass is 284 g/mol. The van der Waals surface area contributed by atoms with Crippen LogP contribution in [-0.4, -0.2) is 24.0 Å². The maximum absolute atomic E-state index is 12.1. The number of urea groups is 1. The van der Waals surface area contributed by atoms with E-state index in [1.807, 2.05) is 0 Å². The lowest BCUT2D eigenvalue weighted by Gasteiger charge is -2.18. The van der Waals surface area contributed by atoms with Crippen LogP contribution in [0.5, 0.6) is 5.75 Å². The number of nitrogens with zero attached hydrogens (tertiary/aromatic N) is 1. The first kappa shape index (κ1) is 14.6. The average Bonchev–Trinajstić information content (AvgIpc) is 2.47. The first-order valence-corrected chi connectivity index (χ1v) is 6.42. The molecule has 0 unspecified atom stereocenters. The standard InChI is InChI=1S/C16H16N2O3/c1-11(19)12-6-8-13(9-7-12)17-16(21)18(2)14-4-3-5-15(20)10-14/h3-10,20H,1-2H3,(H,17,21). The number of aromatic hydroxyl groups is 1. The number of phenolic OH excluding ortho intramolecular Hbond substituents is 1. The van der Waals surface area contributed by atoms with Gasteiger partial charge in [-0.1, -0.05) is 6.07 Å². The molecular weight excluding hydrogens is 268 g/mol. The van der Waals surface area contributed by atoms with E-state index in [9.17, 15) is 14.7 Å². The van der Waals surface area contributed by atoms with Gasteiger partial charge in [-0.2, -0.15) is 0 Å². The molecule has 0 saturated heterocycles. The highest BCUT2D eigenvalue weighted by Gasteiger charge is 2.11. The number of carbonyl (C=O) groups excluding carboxylic acids is 2.